The highest BCUT2D eigenvalue weighted by atomic mass is 16.5. The van der Waals surface area contributed by atoms with Gasteiger partial charge >= 0.3 is 11.9 Å². The minimum absolute atomic E-state index is 0.000401. The highest BCUT2D eigenvalue weighted by Crippen LogP contribution is 2.08. The molecule has 0 aliphatic carbocycles. The van der Waals surface area contributed by atoms with E-state index in [1.54, 1.807) is 24.3 Å². The van der Waals surface area contributed by atoms with Gasteiger partial charge in [0.15, 0.2) is 5.78 Å². The molecular weight excluding hydrogens is 542 g/mol. The van der Waals surface area contributed by atoms with Gasteiger partial charge in [0.1, 0.15) is 25.0 Å². The predicted molar refractivity (Wildman–Crippen MR) is 153 cm³/mol. The van der Waals surface area contributed by atoms with Gasteiger partial charge in [0.2, 0.25) is 11.8 Å². The standard InChI is InChI=1S/C31H39N3O8/c1-21(35)13-15-27(31(40)42-20-24-11-7-4-8-12-24)34-30(39)25(32)14-17-28(37)33-26(22(2)36)16-18-29(38)41-19-23-9-5-3-6-10-23/h3-12,25-27H,13-20,32H2,1-2H3,(H,33,37)(H,34,39). The lowest BCUT2D eigenvalue weighted by atomic mass is 10.1. The third-order valence-electron chi connectivity index (χ3n) is 6.33. The van der Waals surface area contributed by atoms with E-state index in [2.05, 4.69) is 10.6 Å². The average molecular weight is 582 g/mol. The molecule has 4 N–H and O–H groups in total. The molecule has 0 saturated heterocycles. The summed E-state index contributed by atoms with van der Waals surface area (Å²) < 4.78 is 10.5. The number of carbonyl (C=O) groups excluding carboxylic acids is 6. The van der Waals surface area contributed by atoms with Crippen LogP contribution < -0.4 is 16.4 Å². The van der Waals surface area contributed by atoms with Crippen LogP contribution in [-0.4, -0.2) is 53.4 Å². The quantitative estimate of drug-likeness (QED) is 0.223. The summed E-state index contributed by atoms with van der Waals surface area (Å²) in [5.74, 6) is -2.90. The molecule has 0 aliphatic rings. The molecule has 42 heavy (non-hydrogen) atoms. The van der Waals surface area contributed by atoms with Gasteiger partial charge in [-0.1, -0.05) is 60.7 Å². The van der Waals surface area contributed by atoms with Crippen molar-refractivity contribution in [3.05, 3.63) is 71.8 Å². The average Bonchev–Trinajstić information content (AvgIpc) is 2.98. The number of ketones is 2. The van der Waals surface area contributed by atoms with Crippen LogP contribution in [0, 0.1) is 0 Å². The third kappa shape index (κ3) is 13.3. The lowest BCUT2D eigenvalue weighted by molar-refractivity contribution is -0.149. The van der Waals surface area contributed by atoms with Crippen LogP contribution in [0.25, 0.3) is 0 Å². The summed E-state index contributed by atoms with van der Waals surface area (Å²) in [4.78, 5) is 73.4. The Bertz CT molecular complexity index is 1200. The highest BCUT2D eigenvalue weighted by molar-refractivity contribution is 5.90. The van der Waals surface area contributed by atoms with Gasteiger partial charge in [0.25, 0.3) is 0 Å². The van der Waals surface area contributed by atoms with E-state index in [4.69, 9.17) is 15.2 Å². The van der Waals surface area contributed by atoms with Gasteiger partial charge in [0.05, 0.1) is 12.1 Å². The lowest BCUT2D eigenvalue weighted by Gasteiger charge is -2.20. The third-order valence-corrected chi connectivity index (χ3v) is 6.33. The molecule has 2 aromatic carbocycles. The van der Waals surface area contributed by atoms with E-state index in [0.29, 0.717) is 0 Å². The van der Waals surface area contributed by atoms with E-state index in [1.165, 1.54) is 13.8 Å². The number of hydrogen-bond donors (Lipinski definition) is 3. The van der Waals surface area contributed by atoms with Crippen molar-refractivity contribution in [1.82, 2.24) is 10.6 Å². The number of carbonyl (C=O) groups is 6. The van der Waals surface area contributed by atoms with Crippen molar-refractivity contribution in [3.63, 3.8) is 0 Å². The van der Waals surface area contributed by atoms with Crippen molar-refractivity contribution in [1.29, 1.82) is 0 Å². The molecule has 3 unspecified atom stereocenters. The van der Waals surface area contributed by atoms with Gasteiger partial charge in [-0.3, -0.25) is 19.2 Å². The molecule has 0 bridgehead atoms. The second-order valence-electron chi connectivity index (χ2n) is 9.96. The molecule has 226 valence electrons. The number of ether oxygens (including phenoxy) is 2. The first-order valence-corrected chi connectivity index (χ1v) is 13.8. The maximum Gasteiger partial charge on any atom is 0.328 e. The second kappa shape index (κ2) is 18.1. The Morgan fingerprint density at radius 2 is 1.24 bits per heavy atom. The molecule has 0 fully saturated rings. The monoisotopic (exact) mass is 581 g/mol. The minimum Gasteiger partial charge on any atom is -0.461 e. The number of rotatable bonds is 18. The maximum absolute atomic E-state index is 12.7. The van der Waals surface area contributed by atoms with Gasteiger partial charge in [-0.15, -0.1) is 0 Å². The first-order chi connectivity index (χ1) is 20.0. The van der Waals surface area contributed by atoms with Gasteiger partial charge in [-0.2, -0.15) is 0 Å². The fourth-order valence-electron chi connectivity index (χ4n) is 3.84. The molecule has 0 saturated carbocycles. The first kappa shape index (κ1) is 33.8. The fraction of sp³-hybridized carbons (Fsp3) is 0.419. The molecule has 2 aromatic rings. The van der Waals surface area contributed by atoms with Crippen LogP contribution in [0.15, 0.2) is 60.7 Å². The second-order valence-corrected chi connectivity index (χ2v) is 9.96. The Morgan fingerprint density at radius 1 is 0.690 bits per heavy atom. The highest BCUT2D eigenvalue weighted by Gasteiger charge is 2.26. The summed E-state index contributed by atoms with van der Waals surface area (Å²) in [7, 11) is 0. The van der Waals surface area contributed by atoms with Gasteiger partial charge in [0, 0.05) is 19.3 Å². The molecule has 11 nitrogen and oxygen atoms in total. The summed E-state index contributed by atoms with van der Waals surface area (Å²) in [5, 5.41) is 5.09. The molecule has 3 atom stereocenters. The van der Waals surface area contributed by atoms with Crippen LogP contribution in [-0.2, 0) is 51.5 Å². The van der Waals surface area contributed by atoms with Crippen LogP contribution in [0.5, 0.6) is 0 Å². The molecule has 0 radical (unpaired) electrons. The van der Waals surface area contributed by atoms with Crippen LogP contribution in [0.3, 0.4) is 0 Å². The van der Waals surface area contributed by atoms with E-state index in [-0.39, 0.29) is 63.3 Å². The zero-order chi connectivity index (χ0) is 30.9. The smallest absolute Gasteiger partial charge is 0.328 e. The Hall–Kier alpha value is -4.38. The Kier molecular flexibility index (Phi) is 14.6. The minimum atomic E-state index is -1.14. The summed E-state index contributed by atoms with van der Waals surface area (Å²) in [6, 6.07) is 15.0. The summed E-state index contributed by atoms with van der Waals surface area (Å²) in [5.41, 5.74) is 7.56. The van der Waals surface area contributed by atoms with E-state index in [9.17, 15) is 28.8 Å². The normalized spacial score (nSPS) is 12.7. The number of nitrogens with two attached hydrogens (primary N) is 1. The zero-order valence-electron chi connectivity index (χ0n) is 24.0. The number of esters is 2. The fourth-order valence-corrected chi connectivity index (χ4v) is 3.84. The SMILES string of the molecule is CC(=O)CCC(NC(=O)C(N)CCC(=O)NC(CCC(=O)OCc1ccccc1)C(C)=O)C(=O)OCc1ccccc1. The van der Waals surface area contributed by atoms with Crippen molar-refractivity contribution in [2.45, 2.75) is 83.7 Å². The molecule has 2 rings (SSSR count). The van der Waals surface area contributed by atoms with Gasteiger partial charge in [-0.25, -0.2) is 4.79 Å². The topological polar surface area (TPSA) is 171 Å². The van der Waals surface area contributed by atoms with Crippen LogP contribution in [0.2, 0.25) is 0 Å². The molecule has 0 spiro atoms. The number of amides is 2. The predicted octanol–water partition coefficient (Wildman–Crippen LogP) is 2.29. The van der Waals surface area contributed by atoms with Crippen LogP contribution >= 0.6 is 0 Å². The summed E-state index contributed by atoms with van der Waals surface area (Å²) in [6.07, 6.45) is -0.163. The number of Topliss-reactive ketones (excluding diaryl/α,β-unsaturated/α-hetero) is 2. The lowest BCUT2D eigenvalue weighted by Crippen LogP contribution is -2.49. The van der Waals surface area contributed by atoms with Gasteiger partial charge < -0.3 is 30.6 Å². The van der Waals surface area contributed by atoms with E-state index >= 15 is 0 Å². The molecule has 0 aromatic heterocycles. The Morgan fingerprint density at radius 3 is 1.79 bits per heavy atom. The van der Waals surface area contributed by atoms with E-state index < -0.39 is 41.9 Å². The Balaban J connectivity index is 1.80. The van der Waals surface area contributed by atoms with Crippen molar-refractivity contribution in [3.8, 4) is 0 Å². The van der Waals surface area contributed by atoms with Crippen molar-refractivity contribution >= 4 is 35.3 Å². The van der Waals surface area contributed by atoms with Crippen LogP contribution in [0.1, 0.15) is 63.5 Å². The van der Waals surface area contributed by atoms with Gasteiger partial charge in [-0.05, 0) is 44.2 Å². The largest absolute Gasteiger partial charge is 0.461 e. The zero-order valence-corrected chi connectivity index (χ0v) is 24.0. The molecular formula is C31H39N3O8. The molecule has 2 amide bonds. The molecule has 0 heterocycles. The number of benzene rings is 2. The summed E-state index contributed by atoms with van der Waals surface area (Å²) >= 11 is 0. The van der Waals surface area contributed by atoms with Crippen molar-refractivity contribution in [2.75, 3.05) is 0 Å². The molecule has 0 aliphatic heterocycles. The van der Waals surface area contributed by atoms with E-state index in [1.807, 2.05) is 36.4 Å². The van der Waals surface area contributed by atoms with Crippen molar-refractivity contribution in [2.24, 2.45) is 5.73 Å². The molecule has 11 heteroatoms. The number of nitrogens with one attached hydrogen (secondary N) is 2. The number of hydrogen-bond acceptors (Lipinski definition) is 9. The summed E-state index contributed by atoms with van der Waals surface area (Å²) in [6.45, 7) is 2.79. The Labute approximate surface area is 245 Å². The van der Waals surface area contributed by atoms with E-state index in [0.717, 1.165) is 11.1 Å². The van der Waals surface area contributed by atoms with Crippen molar-refractivity contribution < 1.29 is 38.2 Å². The first-order valence-electron chi connectivity index (χ1n) is 13.8. The maximum atomic E-state index is 12.7. The van der Waals surface area contributed by atoms with Crippen LogP contribution in [0.4, 0.5) is 0 Å².